The van der Waals surface area contributed by atoms with Crippen molar-refractivity contribution in [2.24, 2.45) is 0 Å². The van der Waals surface area contributed by atoms with E-state index in [9.17, 15) is 4.79 Å². The van der Waals surface area contributed by atoms with Crippen molar-refractivity contribution in [3.63, 3.8) is 0 Å². The van der Waals surface area contributed by atoms with Crippen molar-refractivity contribution >= 4 is 5.78 Å². The first-order chi connectivity index (χ1) is 7.14. The van der Waals surface area contributed by atoms with Crippen molar-refractivity contribution < 1.29 is 9.53 Å². The number of Topliss-reactive ketones (excluding diaryl/α,β-unsaturated/α-hetero) is 1. The minimum atomic E-state index is 0.0450. The number of hydrogen-bond acceptors (Lipinski definition) is 2. The predicted molar refractivity (Wildman–Crippen MR) is 59.2 cm³/mol. The highest BCUT2D eigenvalue weighted by Gasteiger charge is 2.35. The van der Waals surface area contributed by atoms with E-state index in [1.165, 1.54) is 5.56 Å². The van der Waals surface area contributed by atoms with E-state index in [-0.39, 0.29) is 5.41 Å². The Morgan fingerprint density at radius 3 is 2.40 bits per heavy atom. The SMILES string of the molecule is COc1ccc(C2(C)CCC(=O)C2)cc1. The van der Waals surface area contributed by atoms with E-state index in [0.717, 1.165) is 18.6 Å². The van der Waals surface area contributed by atoms with Gasteiger partial charge in [0.05, 0.1) is 7.11 Å². The molecule has 1 unspecified atom stereocenters. The molecule has 0 amide bonds. The van der Waals surface area contributed by atoms with Crippen LogP contribution in [0.15, 0.2) is 24.3 Å². The molecule has 1 atom stereocenters. The summed E-state index contributed by atoms with van der Waals surface area (Å²) in [6.45, 7) is 2.17. The van der Waals surface area contributed by atoms with E-state index in [1.54, 1.807) is 7.11 Å². The normalized spacial score (nSPS) is 25.6. The van der Waals surface area contributed by atoms with Gasteiger partial charge in [-0.3, -0.25) is 4.79 Å². The van der Waals surface area contributed by atoms with Gasteiger partial charge >= 0.3 is 0 Å². The van der Waals surface area contributed by atoms with Crippen molar-refractivity contribution in [2.75, 3.05) is 7.11 Å². The van der Waals surface area contributed by atoms with Crippen molar-refractivity contribution in [3.8, 4) is 5.75 Å². The Morgan fingerprint density at radius 1 is 1.27 bits per heavy atom. The van der Waals surface area contributed by atoms with Gasteiger partial charge in [0.25, 0.3) is 0 Å². The topological polar surface area (TPSA) is 26.3 Å². The van der Waals surface area contributed by atoms with Gasteiger partial charge in [-0.05, 0) is 29.5 Å². The second-order valence-electron chi connectivity index (χ2n) is 4.50. The van der Waals surface area contributed by atoms with Gasteiger partial charge in [-0.2, -0.15) is 0 Å². The number of rotatable bonds is 2. The maximum Gasteiger partial charge on any atom is 0.133 e. The van der Waals surface area contributed by atoms with Crippen LogP contribution in [-0.4, -0.2) is 12.9 Å². The summed E-state index contributed by atoms with van der Waals surface area (Å²) in [5, 5.41) is 0. The first-order valence-corrected chi connectivity index (χ1v) is 5.30. The zero-order valence-electron chi connectivity index (χ0n) is 9.25. The van der Waals surface area contributed by atoms with Crippen LogP contribution in [0.5, 0.6) is 5.75 Å². The first-order valence-electron chi connectivity index (χ1n) is 5.30. The minimum absolute atomic E-state index is 0.0450. The van der Waals surface area contributed by atoms with Crippen LogP contribution >= 0.6 is 0 Å². The summed E-state index contributed by atoms with van der Waals surface area (Å²) >= 11 is 0. The van der Waals surface area contributed by atoms with Gasteiger partial charge in [0.2, 0.25) is 0 Å². The van der Waals surface area contributed by atoms with Crippen molar-refractivity contribution in [1.29, 1.82) is 0 Å². The third-order valence-electron chi connectivity index (χ3n) is 3.33. The molecule has 15 heavy (non-hydrogen) atoms. The zero-order valence-corrected chi connectivity index (χ0v) is 9.25. The summed E-state index contributed by atoms with van der Waals surface area (Å²) in [5.41, 5.74) is 1.29. The lowest BCUT2D eigenvalue weighted by Crippen LogP contribution is -2.17. The smallest absolute Gasteiger partial charge is 0.133 e. The molecule has 2 heteroatoms. The standard InChI is InChI=1S/C13H16O2/c1-13(8-7-11(14)9-13)10-3-5-12(15-2)6-4-10/h3-6H,7-9H2,1-2H3. The molecule has 1 aromatic carbocycles. The molecule has 1 aliphatic carbocycles. The second-order valence-corrected chi connectivity index (χ2v) is 4.50. The van der Waals surface area contributed by atoms with Gasteiger partial charge in [0.1, 0.15) is 11.5 Å². The molecule has 0 heterocycles. The quantitative estimate of drug-likeness (QED) is 0.740. The molecule has 0 bridgehead atoms. The van der Waals surface area contributed by atoms with E-state index in [0.29, 0.717) is 12.2 Å². The molecule has 2 nitrogen and oxygen atoms in total. The maximum atomic E-state index is 11.3. The molecule has 2 rings (SSSR count). The van der Waals surface area contributed by atoms with Crippen molar-refractivity contribution in [2.45, 2.75) is 31.6 Å². The van der Waals surface area contributed by atoms with Crippen LogP contribution in [0.4, 0.5) is 0 Å². The number of carbonyl (C=O) groups is 1. The summed E-state index contributed by atoms with van der Waals surface area (Å²) in [6, 6.07) is 8.06. The Hall–Kier alpha value is -1.31. The van der Waals surface area contributed by atoms with Crippen LogP contribution < -0.4 is 4.74 Å². The zero-order chi connectivity index (χ0) is 10.9. The number of carbonyl (C=O) groups excluding carboxylic acids is 1. The van der Waals surface area contributed by atoms with Crippen LogP contribution in [0, 0.1) is 0 Å². The molecule has 0 radical (unpaired) electrons. The summed E-state index contributed by atoms with van der Waals surface area (Å²) in [4.78, 5) is 11.3. The molecule has 0 saturated heterocycles. The van der Waals surface area contributed by atoms with E-state index in [2.05, 4.69) is 19.1 Å². The molecule has 1 aromatic rings. The Labute approximate surface area is 90.3 Å². The van der Waals surface area contributed by atoms with Gasteiger partial charge < -0.3 is 4.74 Å². The summed E-state index contributed by atoms with van der Waals surface area (Å²) < 4.78 is 5.12. The highest BCUT2D eigenvalue weighted by molar-refractivity contribution is 5.82. The number of benzene rings is 1. The van der Waals surface area contributed by atoms with Gasteiger partial charge in [0, 0.05) is 12.8 Å². The Kier molecular flexibility index (Phi) is 2.51. The fourth-order valence-corrected chi connectivity index (χ4v) is 2.27. The van der Waals surface area contributed by atoms with Gasteiger partial charge in [-0.25, -0.2) is 0 Å². The molecule has 1 saturated carbocycles. The van der Waals surface area contributed by atoms with Gasteiger partial charge in [0.15, 0.2) is 0 Å². The van der Waals surface area contributed by atoms with Crippen molar-refractivity contribution in [1.82, 2.24) is 0 Å². The highest BCUT2D eigenvalue weighted by Crippen LogP contribution is 2.39. The molecule has 0 aromatic heterocycles. The molecule has 0 spiro atoms. The molecule has 0 N–H and O–H groups in total. The molecule has 80 valence electrons. The summed E-state index contributed by atoms with van der Waals surface area (Å²) in [6.07, 6.45) is 2.38. The van der Waals surface area contributed by atoms with Crippen LogP contribution in [0.1, 0.15) is 31.7 Å². The lowest BCUT2D eigenvalue weighted by Gasteiger charge is -2.23. The Bertz CT molecular complexity index is 367. The molecular formula is C13H16O2. The lowest BCUT2D eigenvalue weighted by molar-refractivity contribution is -0.117. The van der Waals surface area contributed by atoms with Gasteiger partial charge in [-0.1, -0.05) is 19.1 Å². The first kappa shape index (κ1) is 10.2. The Morgan fingerprint density at radius 2 is 1.93 bits per heavy atom. The summed E-state index contributed by atoms with van der Waals surface area (Å²) in [5.74, 6) is 1.25. The minimum Gasteiger partial charge on any atom is -0.497 e. The number of methoxy groups -OCH3 is 1. The highest BCUT2D eigenvalue weighted by atomic mass is 16.5. The second kappa shape index (κ2) is 3.69. The van der Waals surface area contributed by atoms with Crippen LogP contribution in [0.2, 0.25) is 0 Å². The largest absolute Gasteiger partial charge is 0.497 e. The molecule has 0 aliphatic heterocycles. The molecule has 1 aliphatic rings. The number of hydrogen-bond donors (Lipinski definition) is 0. The van der Waals surface area contributed by atoms with Gasteiger partial charge in [-0.15, -0.1) is 0 Å². The molecular weight excluding hydrogens is 188 g/mol. The monoisotopic (exact) mass is 204 g/mol. The lowest BCUT2D eigenvalue weighted by atomic mass is 9.81. The maximum absolute atomic E-state index is 11.3. The third kappa shape index (κ3) is 1.89. The van der Waals surface area contributed by atoms with Crippen LogP contribution in [-0.2, 0) is 10.2 Å². The number of ketones is 1. The van der Waals surface area contributed by atoms with E-state index in [4.69, 9.17) is 4.74 Å². The Balaban J connectivity index is 2.25. The van der Waals surface area contributed by atoms with Crippen molar-refractivity contribution in [3.05, 3.63) is 29.8 Å². The van der Waals surface area contributed by atoms with E-state index in [1.807, 2.05) is 12.1 Å². The van der Waals surface area contributed by atoms with Crippen LogP contribution in [0.3, 0.4) is 0 Å². The average molecular weight is 204 g/mol. The number of ether oxygens (including phenoxy) is 1. The van der Waals surface area contributed by atoms with Crippen LogP contribution in [0.25, 0.3) is 0 Å². The average Bonchev–Trinajstić information content (AvgIpc) is 2.60. The predicted octanol–water partition coefficient (Wildman–Crippen LogP) is 2.71. The summed E-state index contributed by atoms with van der Waals surface area (Å²) in [7, 11) is 1.66. The van der Waals surface area contributed by atoms with E-state index < -0.39 is 0 Å². The fraction of sp³-hybridized carbons (Fsp3) is 0.462. The van der Waals surface area contributed by atoms with E-state index >= 15 is 0 Å². The third-order valence-corrected chi connectivity index (χ3v) is 3.33. The molecule has 1 fully saturated rings. The fourth-order valence-electron chi connectivity index (χ4n) is 2.27.